The molecule has 2 bridgehead atoms. The first kappa shape index (κ1) is 14.4. The third-order valence-corrected chi connectivity index (χ3v) is 4.31. The smallest absolute Gasteiger partial charge is 0.224 e. The van der Waals surface area contributed by atoms with E-state index in [0.29, 0.717) is 24.4 Å². The Labute approximate surface area is 120 Å². The summed E-state index contributed by atoms with van der Waals surface area (Å²) in [6, 6.07) is 2.56. The molecule has 2 aliphatic rings. The van der Waals surface area contributed by atoms with Gasteiger partial charge in [0.1, 0.15) is 0 Å². The van der Waals surface area contributed by atoms with Crippen molar-refractivity contribution in [2.75, 3.05) is 5.32 Å². The molecule has 2 aliphatic heterocycles. The maximum Gasteiger partial charge on any atom is 0.224 e. The van der Waals surface area contributed by atoms with Gasteiger partial charge in [0.15, 0.2) is 17.5 Å². The van der Waals surface area contributed by atoms with Crippen molar-refractivity contribution in [3.63, 3.8) is 0 Å². The average molecular weight is 298 g/mol. The molecule has 21 heavy (non-hydrogen) atoms. The maximum atomic E-state index is 13.1. The van der Waals surface area contributed by atoms with Crippen LogP contribution in [0.15, 0.2) is 12.1 Å². The molecular weight excluding hydrogens is 281 g/mol. The summed E-state index contributed by atoms with van der Waals surface area (Å²) in [5, 5.41) is 5.93. The molecule has 2 atom stereocenters. The number of anilines is 1. The van der Waals surface area contributed by atoms with Crippen LogP contribution in [0.25, 0.3) is 0 Å². The lowest BCUT2D eigenvalue weighted by Crippen LogP contribution is -2.39. The highest BCUT2D eigenvalue weighted by Crippen LogP contribution is 2.32. The van der Waals surface area contributed by atoms with Gasteiger partial charge in [-0.05, 0) is 31.6 Å². The van der Waals surface area contributed by atoms with Crippen LogP contribution in [0.2, 0.25) is 0 Å². The van der Waals surface area contributed by atoms with E-state index in [1.807, 2.05) is 0 Å². The molecule has 0 aromatic heterocycles. The predicted octanol–water partition coefficient (Wildman–Crippen LogP) is 2.96. The number of carbonyl (C=O) groups excluding carboxylic acids is 1. The van der Waals surface area contributed by atoms with Crippen molar-refractivity contribution < 1.29 is 18.0 Å². The minimum atomic E-state index is -1.53. The quantitative estimate of drug-likeness (QED) is 0.842. The van der Waals surface area contributed by atoms with Gasteiger partial charge in [-0.15, -0.1) is 0 Å². The number of carbonyl (C=O) groups is 1. The van der Waals surface area contributed by atoms with Crippen LogP contribution in [-0.4, -0.2) is 18.0 Å². The highest BCUT2D eigenvalue weighted by Gasteiger charge is 2.34. The second-order valence-corrected chi connectivity index (χ2v) is 5.98. The lowest BCUT2D eigenvalue weighted by Gasteiger charge is -2.28. The largest absolute Gasteiger partial charge is 0.326 e. The van der Waals surface area contributed by atoms with Crippen LogP contribution in [0.5, 0.6) is 0 Å². The van der Waals surface area contributed by atoms with Gasteiger partial charge in [-0.2, -0.15) is 0 Å². The van der Waals surface area contributed by atoms with Crippen molar-refractivity contribution >= 4 is 11.6 Å². The summed E-state index contributed by atoms with van der Waals surface area (Å²) in [4.78, 5) is 12.0. The number of rotatable bonds is 3. The molecule has 3 nitrogen and oxygen atoms in total. The number of amides is 1. The Morgan fingerprint density at radius 3 is 2.29 bits per heavy atom. The Morgan fingerprint density at radius 2 is 1.71 bits per heavy atom. The normalized spacial score (nSPS) is 27.7. The molecule has 2 N–H and O–H groups in total. The number of piperidine rings is 1. The van der Waals surface area contributed by atoms with E-state index in [1.165, 1.54) is 0 Å². The summed E-state index contributed by atoms with van der Waals surface area (Å²) in [6.07, 6.45) is 4.54. The van der Waals surface area contributed by atoms with E-state index in [1.54, 1.807) is 0 Å². The molecule has 0 saturated carbocycles. The van der Waals surface area contributed by atoms with Crippen LogP contribution >= 0.6 is 0 Å². The Hall–Kier alpha value is -1.56. The third kappa shape index (κ3) is 3.20. The molecule has 2 heterocycles. The van der Waals surface area contributed by atoms with E-state index in [4.69, 9.17) is 0 Å². The molecule has 3 rings (SSSR count). The lowest BCUT2D eigenvalue weighted by atomic mass is 9.89. The fourth-order valence-corrected chi connectivity index (χ4v) is 3.44. The Kier molecular flexibility index (Phi) is 3.89. The second kappa shape index (κ2) is 5.67. The van der Waals surface area contributed by atoms with E-state index in [0.717, 1.165) is 37.8 Å². The molecular formula is C15H17F3N2O. The van der Waals surface area contributed by atoms with Crippen molar-refractivity contribution in [2.24, 2.45) is 5.92 Å². The van der Waals surface area contributed by atoms with Gasteiger partial charge in [-0.1, -0.05) is 0 Å². The minimum absolute atomic E-state index is 0.0479. The van der Waals surface area contributed by atoms with Crippen molar-refractivity contribution in [1.82, 2.24) is 5.32 Å². The van der Waals surface area contributed by atoms with Crippen molar-refractivity contribution in [3.05, 3.63) is 29.6 Å². The van der Waals surface area contributed by atoms with E-state index in [-0.39, 0.29) is 11.6 Å². The molecule has 2 saturated heterocycles. The topological polar surface area (TPSA) is 41.1 Å². The van der Waals surface area contributed by atoms with Crippen LogP contribution in [0.1, 0.15) is 32.1 Å². The van der Waals surface area contributed by atoms with Gasteiger partial charge in [0.25, 0.3) is 0 Å². The molecule has 1 amide bonds. The predicted molar refractivity (Wildman–Crippen MR) is 72.2 cm³/mol. The third-order valence-electron chi connectivity index (χ3n) is 4.31. The zero-order valence-electron chi connectivity index (χ0n) is 11.5. The molecule has 0 spiro atoms. The number of halogens is 3. The fraction of sp³-hybridized carbons (Fsp3) is 0.533. The zero-order valence-corrected chi connectivity index (χ0v) is 11.5. The summed E-state index contributed by atoms with van der Waals surface area (Å²) >= 11 is 0. The average Bonchev–Trinajstić information content (AvgIpc) is 2.75. The monoisotopic (exact) mass is 298 g/mol. The summed E-state index contributed by atoms with van der Waals surface area (Å²) in [7, 11) is 0. The number of fused-ring (bicyclic) bond motifs is 2. The van der Waals surface area contributed by atoms with Gasteiger partial charge < -0.3 is 10.6 Å². The first-order chi connectivity index (χ1) is 10.0. The van der Waals surface area contributed by atoms with Crippen molar-refractivity contribution in [1.29, 1.82) is 0 Å². The number of benzene rings is 1. The fourth-order valence-electron chi connectivity index (χ4n) is 3.44. The molecule has 6 heteroatoms. The van der Waals surface area contributed by atoms with E-state index >= 15 is 0 Å². The molecule has 2 fully saturated rings. The lowest BCUT2D eigenvalue weighted by molar-refractivity contribution is -0.117. The molecule has 114 valence electrons. The Bertz CT molecular complexity index is 529. The van der Waals surface area contributed by atoms with Gasteiger partial charge in [-0.3, -0.25) is 4.79 Å². The molecule has 0 aliphatic carbocycles. The summed E-state index contributed by atoms with van der Waals surface area (Å²) in [5.74, 6) is -4.12. The zero-order chi connectivity index (χ0) is 15.0. The van der Waals surface area contributed by atoms with Crippen LogP contribution in [0.3, 0.4) is 0 Å². The first-order valence-electron chi connectivity index (χ1n) is 7.21. The summed E-state index contributed by atoms with van der Waals surface area (Å²) in [6.45, 7) is 0. The molecule has 1 aromatic rings. The maximum absolute atomic E-state index is 13.1. The number of nitrogens with one attached hydrogen (secondary N) is 2. The van der Waals surface area contributed by atoms with Gasteiger partial charge in [0, 0.05) is 36.3 Å². The van der Waals surface area contributed by atoms with Crippen LogP contribution < -0.4 is 10.6 Å². The van der Waals surface area contributed by atoms with E-state index in [2.05, 4.69) is 10.6 Å². The Balaban J connectivity index is 1.59. The summed E-state index contributed by atoms with van der Waals surface area (Å²) in [5.41, 5.74) is -0.0479. The molecule has 2 unspecified atom stereocenters. The molecule has 0 radical (unpaired) electrons. The highest BCUT2D eigenvalue weighted by molar-refractivity contribution is 5.90. The minimum Gasteiger partial charge on any atom is -0.326 e. The highest BCUT2D eigenvalue weighted by atomic mass is 19.2. The van der Waals surface area contributed by atoms with Gasteiger partial charge in [0.2, 0.25) is 5.91 Å². The summed E-state index contributed by atoms with van der Waals surface area (Å²) < 4.78 is 39.0. The Morgan fingerprint density at radius 1 is 1.14 bits per heavy atom. The second-order valence-electron chi connectivity index (χ2n) is 5.98. The number of hydrogen-bond acceptors (Lipinski definition) is 2. The van der Waals surface area contributed by atoms with Gasteiger partial charge >= 0.3 is 0 Å². The van der Waals surface area contributed by atoms with Crippen LogP contribution in [-0.2, 0) is 4.79 Å². The van der Waals surface area contributed by atoms with E-state index in [9.17, 15) is 18.0 Å². The van der Waals surface area contributed by atoms with Gasteiger partial charge in [0.05, 0.1) is 0 Å². The van der Waals surface area contributed by atoms with E-state index < -0.39 is 17.5 Å². The van der Waals surface area contributed by atoms with Crippen LogP contribution in [0.4, 0.5) is 18.9 Å². The standard InChI is InChI=1S/C15H17F3N2O/c16-12-6-11(7-13(17)15(12)18)20-14(21)5-8-3-9-1-2-10(4-8)19-9/h6-10,19H,1-5H2,(H,20,21). The first-order valence-corrected chi connectivity index (χ1v) is 7.21. The SMILES string of the molecule is O=C(CC1CC2CCC(C1)N2)Nc1cc(F)c(F)c(F)c1. The number of hydrogen-bond donors (Lipinski definition) is 2. The van der Waals surface area contributed by atoms with Gasteiger partial charge in [-0.25, -0.2) is 13.2 Å². The van der Waals surface area contributed by atoms with Crippen molar-refractivity contribution in [2.45, 2.75) is 44.2 Å². The van der Waals surface area contributed by atoms with Crippen molar-refractivity contribution in [3.8, 4) is 0 Å². The van der Waals surface area contributed by atoms with Crippen LogP contribution in [0, 0.1) is 23.4 Å². The molecule has 1 aromatic carbocycles.